The van der Waals surface area contributed by atoms with E-state index in [0.717, 1.165) is 11.5 Å². The molecule has 0 saturated carbocycles. The molecule has 0 atom stereocenters. The van der Waals surface area contributed by atoms with Crippen molar-refractivity contribution in [3.63, 3.8) is 0 Å². The van der Waals surface area contributed by atoms with Crippen LogP contribution in [0.25, 0.3) is 0 Å². The number of hydrogen-bond donors (Lipinski definition) is 2. The largest absolute Gasteiger partial charge is 0.369 e. The Morgan fingerprint density at radius 3 is 2.58 bits per heavy atom. The molecule has 19 heavy (non-hydrogen) atoms. The molecule has 1 aliphatic rings. The number of likely N-dealkylation sites (tertiary alicyclic amines) is 1. The number of nitrogens with one attached hydrogen (secondary N) is 2. The van der Waals surface area contributed by atoms with Crippen LogP contribution in [0.1, 0.15) is 26.2 Å². The minimum atomic E-state index is 0.553. The highest BCUT2D eigenvalue weighted by Gasteiger charge is 2.18. The van der Waals surface area contributed by atoms with E-state index in [1.165, 1.54) is 38.9 Å². The van der Waals surface area contributed by atoms with E-state index in [-0.39, 0.29) is 0 Å². The highest BCUT2D eigenvalue weighted by molar-refractivity contribution is 5.46. The molecule has 0 bridgehead atoms. The first-order valence-electron chi connectivity index (χ1n) is 7.28. The first kappa shape index (κ1) is 13.9. The van der Waals surface area contributed by atoms with Gasteiger partial charge in [-0.15, -0.1) is 0 Å². The van der Waals surface area contributed by atoms with E-state index < -0.39 is 0 Å². The number of hydrogen-bond acceptors (Lipinski definition) is 3. The molecule has 1 fully saturated rings. The van der Waals surface area contributed by atoms with E-state index in [1.807, 2.05) is 18.2 Å². The van der Waals surface area contributed by atoms with Crippen molar-refractivity contribution in [3.8, 4) is 0 Å². The van der Waals surface area contributed by atoms with E-state index in [1.54, 1.807) is 0 Å². The minimum Gasteiger partial charge on any atom is -0.369 e. The molecule has 1 aliphatic heterocycles. The first-order chi connectivity index (χ1) is 9.28. The average Bonchev–Trinajstić information content (AvgIpc) is 2.42. The lowest BCUT2D eigenvalue weighted by molar-refractivity contribution is 0.203. The van der Waals surface area contributed by atoms with Crippen molar-refractivity contribution in [2.45, 2.75) is 32.2 Å². The molecule has 1 aromatic carbocycles. The second-order valence-corrected chi connectivity index (χ2v) is 5.23. The summed E-state index contributed by atoms with van der Waals surface area (Å²) in [5, 5.41) is 6.80. The van der Waals surface area contributed by atoms with E-state index in [2.05, 4.69) is 41.2 Å². The molecule has 104 valence electrons. The zero-order chi connectivity index (χ0) is 13.5. The van der Waals surface area contributed by atoms with E-state index in [4.69, 9.17) is 0 Å². The summed E-state index contributed by atoms with van der Waals surface area (Å²) in [6.07, 6.45) is 3.66. The summed E-state index contributed by atoms with van der Waals surface area (Å²) < 4.78 is 0. The standard InChI is InChI=1S/C16H25N3/c1-3-11-19-12-9-16(10-13-19)18-14(2)17-15-7-5-4-6-8-15/h4-8,16-18H,2-3,9-13H2,1H3. The Bertz CT molecular complexity index is 380. The van der Waals surface area contributed by atoms with Gasteiger partial charge in [-0.25, -0.2) is 0 Å². The van der Waals surface area contributed by atoms with Crippen molar-refractivity contribution in [3.05, 3.63) is 42.7 Å². The number of benzene rings is 1. The smallest absolute Gasteiger partial charge is 0.0959 e. The molecule has 3 heteroatoms. The van der Waals surface area contributed by atoms with Crippen LogP contribution in [-0.4, -0.2) is 30.6 Å². The summed E-state index contributed by atoms with van der Waals surface area (Å²) in [6, 6.07) is 10.7. The van der Waals surface area contributed by atoms with Crippen LogP contribution in [0.2, 0.25) is 0 Å². The lowest BCUT2D eigenvalue weighted by atomic mass is 10.1. The summed E-state index contributed by atoms with van der Waals surface area (Å²) in [5.74, 6) is 0.903. The van der Waals surface area contributed by atoms with Crippen LogP contribution in [0.5, 0.6) is 0 Å². The third kappa shape index (κ3) is 4.60. The summed E-state index contributed by atoms with van der Waals surface area (Å²) in [4.78, 5) is 2.55. The van der Waals surface area contributed by atoms with Crippen molar-refractivity contribution in [2.75, 3.05) is 25.0 Å². The molecule has 0 aliphatic carbocycles. The Morgan fingerprint density at radius 2 is 1.95 bits per heavy atom. The maximum atomic E-state index is 4.06. The van der Waals surface area contributed by atoms with Crippen molar-refractivity contribution in [2.24, 2.45) is 0 Å². The molecule has 0 aromatic heterocycles. The Kier molecular flexibility index (Phi) is 5.28. The highest BCUT2D eigenvalue weighted by Crippen LogP contribution is 2.13. The number of para-hydroxylation sites is 1. The topological polar surface area (TPSA) is 27.3 Å². The molecule has 0 spiro atoms. The molecule has 0 radical (unpaired) electrons. The van der Waals surface area contributed by atoms with Gasteiger partial charge in [-0.05, 0) is 37.9 Å². The predicted octanol–water partition coefficient (Wildman–Crippen LogP) is 3.03. The fourth-order valence-electron chi connectivity index (χ4n) is 2.60. The van der Waals surface area contributed by atoms with Crippen LogP contribution < -0.4 is 10.6 Å². The second kappa shape index (κ2) is 7.19. The van der Waals surface area contributed by atoms with Gasteiger partial charge in [0.2, 0.25) is 0 Å². The van der Waals surface area contributed by atoms with E-state index >= 15 is 0 Å². The van der Waals surface area contributed by atoms with Crippen molar-refractivity contribution < 1.29 is 0 Å². The van der Waals surface area contributed by atoms with Crippen LogP contribution in [0.15, 0.2) is 42.7 Å². The van der Waals surface area contributed by atoms with E-state index in [9.17, 15) is 0 Å². The van der Waals surface area contributed by atoms with E-state index in [0.29, 0.717) is 6.04 Å². The molecule has 0 unspecified atom stereocenters. The third-order valence-electron chi connectivity index (χ3n) is 3.57. The minimum absolute atomic E-state index is 0.553. The molecule has 1 saturated heterocycles. The summed E-state index contributed by atoms with van der Waals surface area (Å²) >= 11 is 0. The van der Waals surface area contributed by atoms with Gasteiger partial charge in [0.1, 0.15) is 0 Å². The summed E-state index contributed by atoms with van der Waals surface area (Å²) in [6.45, 7) is 9.94. The zero-order valence-corrected chi connectivity index (χ0v) is 11.9. The molecular formula is C16H25N3. The summed E-state index contributed by atoms with van der Waals surface area (Å²) in [7, 11) is 0. The Balaban J connectivity index is 1.72. The Morgan fingerprint density at radius 1 is 1.26 bits per heavy atom. The fourth-order valence-corrected chi connectivity index (χ4v) is 2.60. The normalized spacial score (nSPS) is 17.1. The van der Waals surface area contributed by atoms with Gasteiger partial charge in [0.05, 0.1) is 5.82 Å². The fraction of sp³-hybridized carbons (Fsp3) is 0.500. The second-order valence-electron chi connectivity index (χ2n) is 5.23. The quantitative estimate of drug-likeness (QED) is 0.822. The van der Waals surface area contributed by atoms with Crippen LogP contribution in [0, 0.1) is 0 Å². The SMILES string of the molecule is C=C(Nc1ccccc1)NC1CCN(CCC)CC1. The monoisotopic (exact) mass is 259 g/mol. The van der Waals surface area contributed by atoms with Crippen molar-refractivity contribution in [1.29, 1.82) is 0 Å². The van der Waals surface area contributed by atoms with Crippen LogP contribution in [0.4, 0.5) is 5.69 Å². The maximum absolute atomic E-state index is 4.06. The zero-order valence-electron chi connectivity index (χ0n) is 11.9. The molecule has 2 rings (SSSR count). The van der Waals surface area contributed by atoms with Crippen LogP contribution >= 0.6 is 0 Å². The van der Waals surface area contributed by atoms with Crippen molar-refractivity contribution in [1.82, 2.24) is 10.2 Å². The number of piperidine rings is 1. The van der Waals surface area contributed by atoms with Gasteiger partial charge < -0.3 is 15.5 Å². The van der Waals surface area contributed by atoms with Gasteiger partial charge in [0, 0.05) is 24.8 Å². The van der Waals surface area contributed by atoms with Crippen molar-refractivity contribution >= 4 is 5.69 Å². The first-order valence-corrected chi connectivity index (χ1v) is 7.28. The van der Waals surface area contributed by atoms with Gasteiger partial charge in [-0.1, -0.05) is 31.7 Å². The van der Waals surface area contributed by atoms with Gasteiger partial charge in [-0.3, -0.25) is 0 Å². The number of rotatable bonds is 6. The molecular weight excluding hydrogens is 234 g/mol. The van der Waals surface area contributed by atoms with Crippen LogP contribution in [-0.2, 0) is 0 Å². The van der Waals surface area contributed by atoms with Crippen LogP contribution in [0.3, 0.4) is 0 Å². The van der Waals surface area contributed by atoms with Gasteiger partial charge in [0.15, 0.2) is 0 Å². The Hall–Kier alpha value is -1.48. The predicted molar refractivity (Wildman–Crippen MR) is 82.1 cm³/mol. The van der Waals surface area contributed by atoms with Gasteiger partial charge in [-0.2, -0.15) is 0 Å². The number of nitrogens with zero attached hydrogens (tertiary/aromatic N) is 1. The lowest BCUT2D eigenvalue weighted by Crippen LogP contribution is -2.43. The molecule has 1 aromatic rings. The molecule has 1 heterocycles. The Labute approximate surface area is 116 Å². The summed E-state index contributed by atoms with van der Waals surface area (Å²) in [5.41, 5.74) is 1.09. The average molecular weight is 259 g/mol. The third-order valence-corrected chi connectivity index (χ3v) is 3.57. The lowest BCUT2D eigenvalue weighted by Gasteiger charge is -2.33. The molecule has 3 nitrogen and oxygen atoms in total. The van der Waals surface area contributed by atoms with Gasteiger partial charge in [0.25, 0.3) is 0 Å². The number of anilines is 1. The van der Waals surface area contributed by atoms with Gasteiger partial charge >= 0.3 is 0 Å². The highest BCUT2D eigenvalue weighted by atomic mass is 15.2. The maximum Gasteiger partial charge on any atom is 0.0959 e. The molecule has 0 amide bonds. The molecule has 2 N–H and O–H groups in total.